The third kappa shape index (κ3) is 14.0. The first-order valence-corrected chi connectivity index (χ1v) is 34.8. The van der Waals surface area contributed by atoms with Gasteiger partial charge in [-0.1, -0.05) is 63.5 Å². The minimum atomic E-state index is -1.42. The number of nitrogens with two attached hydrogens (primary N) is 1. The van der Waals surface area contributed by atoms with Crippen molar-refractivity contribution in [3.8, 4) is 23.0 Å². The van der Waals surface area contributed by atoms with Crippen LogP contribution in [-0.4, -0.2) is 141 Å². The number of amides is 4. The molecule has 4 amide bonds. The SMILES string of the molecule is COc1cc2c(cc1OCCCCCOc1cc3c(cc1C)C(=O)N1C=C(c4ccc(OCCCN(C)C)cc4)C[C@H]1C(=O)N3COCC[Si](C)(C)C)N(COCC[Si](C)(C)C)C(=O)[C@@H]1CC(c3ccc(N)cc3)=CN1C2=O. The molecule has 0 aromatic heterocycles. The van der Waals surface area contributed by atoms with Crippen LogP contribution in [0.15, 0.2) is 85.2 Å². The molecule has 0 radical (unpaired) electrons. The quantitative estimate of drug-likeness (QED) is 0.0360. The van der Waals surface area contributed by atoms with Crippen LogP contribution in [-0.2, 0) is 19.1 Å². The first-order chi connectivity index (χ1) is 37.2. The van der Waals surface area contributed by atoms with Gasteiger partial charge in [-0.25, -0.2) is 0 Å². The van der Waals surface area contributed by atoms with Crippen LogP contribution >= 0.6 is 0 Å². The van der Waals surface area contributed by atoms with E-state index in [4.69, 9.17) is 34.2 Å². The molecule has 0 saturated heterocycles. The van der Waals surface area contributed by atoms with E-state index in [-0.39, 0.29) is 37.1 Å². The van der Waals surface area contributed by atoms with Crippen molar-refractivity contribution in [1.29, 1.82) is 0 Å². The molecule has 418 valence electrons. The number of fused-ring (bicyclic) bond motifs is 4. The van der Waals surface area contributed by atoms with Crippen molar-refractivity contribution in [3.63, 3.8) is 0 Å². The summed E-state index contributed by atoms with van der Waals surface area (Å²) in [5.41, 5.74) is 12.6. The van der Waals surface area contributed by atoms with Gasteiger partial charge in [0.05, 0.1) is 49.4 Å². The minimum absolute atomic E-state index is 0.0141. The summed E-state index contributed by atoms with van der Waals surface area (Å²) in [7, 11) is 2.77. The number of carbonyl (C=O) groups excluding carboxylic acids is 4. The van der Waals surface area contributed by atoms with Gasteiger partial charge in [-0.05, 0) is 123 Å². The van der Waals surface area contributed by atoms with Gasteiger partial charge in [0, 0.05) is 79.0 Å². The Hall–Kier alpha value is -6.45. The third-order valence-electron chi connectivity index (χ3n) is 14.5. The fourth-order valence-electron chi connectivity index (χ4n) is 9.86. The minimum Gasteiger partial charge on any atom is -0.494 e. The van der Waals surface area contributed by atoms with Crippen molar-refractivity contribution < 1.29 is 47.6 Å². The zero-order chi connectivity index (χ0) is 55.9. The largest absolute Gasteiger partial charge is 0.494 e. The first kappa shape index (κ1) is 57.7. The molecule has 0 aliphatic carbocycles. The van der Waals surface area contributed by atoms with E-state index in [1.54, 1.807) is 33.0 Å². The van der Waals surface area contributed by atoms with Crippen LogP contribution < -0.4 is 34.5 Å². The Morgan fingerprint density at radius 2 is 1.05 bits per heavy atom. The van der Waals surface area contributed by atoms with E-state index in [0.717, 1.165) is 65.1 Å². The highest BCUT2D eigenvalue weighted by Gasteiger charge is 2.45. The van der Waals surface area contributed by atoms with E-state index in [9.17, 15) is 19.2 Å². The van der Waals surface area contributed by atoms with Crippen LogP contribution in [0.3, 0.4) is 0 Å². The second kappa shape index (κ2) is 25.1. The predicted octanol–water partition coefficient (Wildman–Crippen LogP) is 10.4. The molecule has 0 bridgehead atoms. The molecule has 0 unspecified atom stereocenters. The maximum absolute atomic E-state index is 14.7. The lowest BCUT2D eigenvalue weighted by atomic mass is 10.0. The summed E-state index contributed by atoms with van der Waals surface area (Å²) in [6, 6.07) is 22.7. The summed E-state index contributed by atoms with van der Waals surface area (Å²) < 4.78 is 37.0. The van der Waals surface area contributed by atoms with Crippen LogP contribution in [0, 0.1) is 6.92 Å². The number of nitrogen functional groups attached to an aromatic ring is 1. The Morgan fingerprint density at radius 1 is 0.577 bits per heavy atom. The summed E-state index contributed by atoms with van der Waals surface area (Å²) in [6.07, 6.45) is 7.37. The number of benzene rings is 4. The standard InChI is InChI=1S/C60H80N6O10Si2/c1-41-31-48-50(65(39-72-27-29-77(5,6)7)59(69)52-33-45(38-63(52)57(48)67)43-17-21-47(22-18-43)74-26-14-23-62(2)3)35-54(41)75-24-12-11-13-25-76-56-36-51-49(34-55(56)71-4)58(68)64-37-44(42-15-19-46(61)20-16-42)32-53(64)60(70)66(51)40-73-28-30-78(8,9)10/h15-22,31,34-38,52-53H,11-14,23-30,32-33,39-40,61H2,1-10H3/t52-,53-/m0/s1. The lowest BCUT2D eigenvalue weighted by Crippen LogP contribution is -2.45. The third-order valence-corrected chi connectivity index (χ3v) is 17.9. The summed E-state index contributed by atoms with van der Waals surface area (Å²) in [5, 5.41) is 0. The highest BCUT2D eigenvalue weighted by Crippen LogP contribution is 2.43. The van der Waals surface area contributed by atoms with Crippen molar-refractivity contribution in [2.45, 2.75) is 109 Å². The topological polar surface area (TPSA) is 166 Å². The van der Waals surface area contributed by atoms with E-state index >= 15 is 0 Å². The molecule has 4 aromatic rings. The Balaban J connectivity index is 0.927. The summed E-state index contributed by atoms with van der Waals surface area (Å²) in [6.45, 7) is 18.9. The molecule has 78 heavy (non-hydrogen) atoms. The average molecular weight is 1100 g/mol. The fraction of sp³-hybridized carbons (Fsp3) is 0.467. The predicted molar refractivity (Wildman–Crippen MR) is 313 cm³/mol. The number of rotatable bonds is 26. The van der Waals surface area contributed by atoms with E-state index in [1.807, 2.05) is 87.9 Å². The Labute approximate surface area is 463 Å². The molecule has 2 N–H and O–H groups in total. The number of hydrogen-bond donors (Lipinski definition) is 1. The average Bonchev–Trinajstić information content (AvgIpc) is 4.21. The van der Waals surface area contributed by atoms with E-state index in [0.29, 0.717) is 104 Å². The van der Waals surface area contributed by atoms with E-state index in [2.05, 4.69) is 44.2 Å². The van der Waals surface area contributed by atoms with Gasteiger partial charge >= 0.3 is 0 Å². The van der Waals surface area contributed by atoms with Crippen LogP contribution in [0.2, 0.25) is 51.4 Å². The van der Waals surface area contributed by atoms with Gasteiger partial charge in [-0.2, -0.15) is 0 Å². The van der Waals surface area contributed by atoms with Crippen molar-refractivity contribution in [1.82, 2.24) is 14.7 Å². The van der Waals surface area contributed by atoms with E-state index < -0.39 is 28.2 Å². The lowest BCUT2D eigenvalue weighted by Gasteiger charge is -2.27. The first-order valence-electron chi connectivity index (χ1n) is 27.4. The van der Waals surface area contributed by atoms with Gasteiger partial charge in [0.25, 0.3) is 23.6 Å². The van der Waals surface area contributed by atoms with Gasteiger partial charge in [-0.15, -0.1) is 0 Å². The Kier molecular flexibility index (Phi) is 18.6. The second-order valence-corrected chi connectivity index (χ2v) is 34.7. The molecule has 0 spiro atoms. The highest BCUT2D eigenvalue weighted by atomic mass is 28.3. The van der Waals surface area contributed by atoms with Crippen LogP contribution in [0.25, 0.3) is 11.1 Å². The number of anilines is 3. The fourth-order valence-corrected chi connectivity index (χ4v) is 11.4. The van der Waals surface area contributed by atoms with E-state index in [1.165, 1.54) is 12.0 Å². The zero-order valence-corrected chi connectivity index (χ0v) is 49.4. The summed E-state index contributed by atoms with van der Waals surface area (Å²) >= 11 is 0. The molecular formula is C60H80N6O10Si2. The molecule has 4 aliphatic rings. The number of unbranched alkanes of at least 4 members (excludes halogenated alkanes) is 2. The number of methoxy groups -OCH3 is 1. The van der Waals surface area contributed by atoms with Crippen molar-refractivity contribution in [3.05, 3.63) is 113 Å². The summed E-state index contributed by atoms with van der Waals surface area (Å²) in [4.78, 5) is 66.6. The van der Waals surface area contributed by atoms with Crippen molar-refractivity contribution >= 4 is 68.0 Å². The highest BCUT2D eigenvalue weighted by molar-refractivity contribution is 6.76. The molecule has 2 atom stereocenters. The molecule has 4 aromatic carbocycles. The number of ether oxygens (including phenoxy) is 6. The van der Waals surface area contributed by atoms with Gasteiger partial charge in [0.2, 0.25) is 0 Å². The number of carbonyl (C=O) groups is 4. The van der Waals surface area contributed by atoms with Crippen LogP contribution in [0.1, 0.15) is 75.9 Å². The molecule has 0 saturated carbocycles. The normalized spacial score (nSPS) is 17.4. The molecule has 16 nitrogen and oxygen atoms in total. The molecule has 0 fully saturated rings. The lowest BCUT2D eigenvalue weighted by molar-refractivity contribution is -0.123. The number of nitrogens with zero attached hydrogens (tertiary/aromatic N) is 5. The second-order valence-electron chi connectivity index (χ2n) is 23.5. The van der Waals surface area contributed by atoms with Crippen LogP contribution in [0.5, 0.6) is 23.0 Å². The molecule has 8 rings (SSSR count). The zero-order valence-electron chi connectivity index (χ0n) is 47.4. The molecule has 4 aliphatic heterocycles. The Bertz CT molecular complexity index is 2880. The molecular weight excluding hydrogens is 1020 g/mol. The van der Waals surface area contributed by atoms with Gasteiger partial charge in [-0.3, -0.25) is 29.0 Å². The Morgan fingerprint density at radius 3 is 1.55 bits per heavy atom. The number of hydrogen-bond acceptors (Lipinski definition) is 12. The van der Waals surface area contributed by atoms with Crippen molar-refractivity contribution in [2.24, 2.45) is 0 Å². The van der Waals surface area contributed by atoms with Crippen LogP contribution in [0.4, 0.5) is 17.1 Å². The van der Waals surface area contributed by atoms with Crippen molar-refractivity contribution in [2.75, 3.05) is 89.8 Å². The maximum Gasteiger partial charge on any atom is 0.260 e. The smallest absolute Gasteiger partial charge is 0.260 e. The molecule has 18 heteroatoms. The van der Waals surface area contributed by atoms with Gasteiger partial charge in [0.15, 0.2) is 11.5 Å². The molecule has 4 heterocycles. The van der Waals surface area contributed by atoms with Gasteiger partial charge in [0.1, 0.15) is 37.0 Å². The monoisotopic (exact) mass is 1100 g/mol. The number of aryl methyl sites for hydroxylation is 1. The maximum atomic E-state index is 14.7. The van der Waals surface area contributed by atoms with Gasteiger partial charge < -0.3 is 48.9 Å². The summed E-state index contributed by atoms with van der Waals surface area (Å²) in [5.74, 6) is 1.15.